The van der Waals surface area contributed by atoms with Crippen LogP contribution in [0.1, 0.15) is 5.89 Å². The van der Waals surface area contributed by atoms with E-state index < -0.39 is 0 Å². The van der Waals surface area contributed by atoms with E-state index in [2.05, 4.69) is 10.1 Å². The van der Waals surface area contributed by atoms with Crippen LogP contribution in [-0.2, 0) is 5.75 Å². The van der Waals surface area contributed by atoms with Gasteiger partial charge in [-0.2, -0.15) is 16.3 Å². The summed E-state index contributed by atoms with van der Waals surface area (Å²) in [6.07, 6.45) is 0. The van der Waals surface area contributed by atoms with E-state index >= 15 is 0 Å². The van der Waals surface area contributed by atoms with Gasteiger partial charge in [-0.1, -0.05) is 11.2 Å². The number of anilines is 1. The molecule has 0 aliphatic rings. The minimum absolute atomic E-state index is 0.619. The van der Waals surface area contributed by atoms with E-state index in [0.717, 1.165) is 16.1 Å². The van der Waals surface area contributed by atoms with Crippen molar-refractivity contribution in [3.63, 3.8) is 0 Å². The molecule has 1 aromatic carbocycles. The first-order valence-electron chi connectivity index (χ1n) is 5.65. The second-order valence-corrected chi connectivity index (χ2v) is 5.71. The summed E-state index contributed by atoms with van der Waals surface area (Å²) < 4.78 is 5.23. The van der Waals surface area contributed by atoms with E-state index in [4.69, 9.17) is 10.3 Å². The van der Waals surface area contributed by atoms with Crippen LogP contribution >= 0.6 is 23.1 Å². The molecule has 2 N–H and O–H groups in total. The number of hydrogen-bond donors (Lipinski definition) is 1. The van der Waals surface area contributed by atoms with Crippen LogP contribution in [0, 0.1) is 0 Å². The molecule has 4 nitrogen and oxygen atoms in total. The number of thiophene rings is 1. The van der Waals surface area contributed by atoms with E-state index in [-0.39, 0.29) is 0 Å². The highest BCUT2D eigenvalue weighted by molar-refractivity contribution is 7.98. The van der Waals surface area contributed by atoms with Gasteiger partial charge in [0.25, 0.3) is 0 Å². The first kappa shape index (κ1) is 12.3. The standard InChI is InChI=1S/C13H11N3OS2/c14-10-2-1-3-11(6-10)19-8-12-15-13(16-17-12)9-4-5-18-7-9/h1-7H,8,14H2. The maximum Gasteiger partial charge on any atom is 0.237 e. The topological polar surface area (TPSA) is 64.9 Å². The van der Waals surface area contributed by atoms with E-state index in [0.29, 0.717) is 17.5 Å². The normalized spacial score (nSPS) is 10.7. The first-order chi connectivity index (χ1) is 9.31. The van der Waals surface area contributed by atoms with Gasteiger partial charge in [0.05, 0.1) is 5.75 Å². The minimum Gasteiger partial charge on any atom is -0.399 e. The summed E-state index contributed by atoms with van der Waals surface area (Å²) in [6.45, 7) is 0. The van der Waals surface area contributed by atoms with E-state index in [9.17, 15) is 0 Å². The molecule has 19 heavy (non-hydrogen) atoms. The summed E-state index contributed by atoms with van der Waals surface area (Å²) in [5.74, 6) is 1.90. The molecule has 0 aliphatic heterocycles. The average molecular weight is 289 g/mol. The molecule has 0 radical (unpaired) electrons. The Balaban J connectivity index is 1.68. The van der Waals surface area contributed by atoms with Crippen molar-refractivity contribution in [1.29, 1.82) is 0 Å². The predicted octanol–water partition coefficient (Wildman–Crippen LogP) is 3.67. The summed E-state index contributed by atoms with van der Waals surface area (Å²) in [6, 6.07) is 9.72. The Bertz CT molecular complexity index is 664. The van der Waals surface area contributed by atoms with Gasteiger partial charge in [0, 0.05) is 21.5 Å². The van der Waals surface area contributed by atoms with Gasteiger partial charge in [0.15, 0.2) is 0 Å². The van der Waals surface area contributed by atoms with Crippen LogP contribution in [0.15, 0.2) is 50.5 Å². The molecule has 0 amide bonds. The number of thioether (sulfide) groups is 1. The SMILES string of the molecule is Nc1cccc(SCc2nc(-c3ccsc3)no2)c1. The number of aromatic nitrogens is 2. The molecule has 0 saturated carbocycles. The van der Waals surface area contributed by atoms with Gasteiger partial charge < -0.3 is 10.3 Å². The summed E-state index contributed by atoms with van der Waals surface area (Å²) in [5.41, 5.74) is 7.49. The van der Waals surface area contributed by atoms with Crippen LogP contribution in [0.25, 0.3) is 11.4 Å². The Morgan fingerprint density at radius 2 is 2.26 bits per heavy atom. The fraction of sp³-hybridized carbons (Fsp3) is 0.0769. The number of nitrogens with two attached hydrogens (primary N) is 1. The fourth-order valence-electron chi connectivity index (χ4n) is 1.57. The van der Waals surface area contributed by atoms with E-state index in [1.165, 1.54) is 0 Å². The Labute approximate surface area is 118 Å². The number of nitrogen functional groups attached to an aromatic ring is 1. The third kappa shape index (κ3) is 2.97. The van der Waals surface area contributed by atoms with Gasteiger partial charge in [0.1, 0.15) is 0 Å². The van der Waals surface area contributed by atoms with Crippen LogP contribution < -0.4 is 5.73 Å². The lowest BCUT2D eigenvalue weighted by atomic mass is 10.3. The average Bonchev–Trinajstić information content (AvgIpc) is 3.07. The smallest absolute Gasteiger partial charge is 0.237 e. The molecule has 2 aromatic heterocycles. The van der Waals surface area contributed by atoms with Crippen molar-refractivity contribution in [2.75, 3.05) is 5.73 Å². The van der Waals surface area contributed by atoms with Crippen molar-refractivity contribution in [3.05, 3.63) is 47.0 Å². The Hall–Kier alpha value is -1.79. The van der Waals surface area contributed by atoms with Crippen molar-refractivity contribution < 1.29 is 4.52 Å². The monoisotopic (exact) mass is 289 g/mol. The van der Waals surface area contributed by atoms with Crippen molar-refractivity contribution >= 4 is 28.8 Å². The number of hydrogen-bond acceptors (Lipinski definition) is 6. The maximum absolute atomic E-state index is 5.73. The summed E-state index contributed by atoms with van der Waals surface area (Å²) >= 11 is 3.24. The van der Waals surface area contributed by atoms with Gasteiger partial charge >= 0.3 is 0 Å². The van der Waals surface area contributed by atoms with Crippen molar-refractivity contribution in [2.24, 2.45) is 0 Å². The number of benzene rings is 1. The molecule has 0 bridgehead atoms. The maximum atomic E-state index is 5.73. The van der Waals surface area contributed by atoms with Gasteiger partial charge in [-0.3, -0.25) is 0 Å². The lowest BCUT2D eigenvalue weighted by Crippen LogP contribution is -1.85. The second kappa shape index (κ2) is 5.46. The molecule has 0 unspecified atom stereocenters. The third-order valence-corrected chi connectivity index (χ3v) is 4.13. The number of rotatable bonds is 4. The predicted molar refractivity (Wildman–Crippen MR) is 78.0 cm³/mol. The van der Waals surface area contributed by atoms with Crippen molar-refractivity contribution in [3.8, 4) is 11.4 Å². The fourth-order valence-corrected chi connectivity index (χ4v) is 3.01. The highest BCUT2D eigenvalue weighted by atomic mass is 32.2. The van der Waals surface area contributed by atoms with Gasteiger partial charge in [-0.25, -0.2) is 0 Å². The molecule has 0 atom stereocenters. The van der Waals surface area contributed by atoms with Crippen LogP contribution in [0.2, 0.25) is 0 Å². The van der Waals surface area contributed by atoms with Gasteiger partial charge in [0.2, 0.25) is 11.7 Å². The quantitative estimate of drug-likeness (QED) is 0.586. The highest BCUT2D eigenvalue weighted by Crippen LogP contribution is 2.25. The molecule has 3 aromatic rings. The minimum atomic E-state index is 0.619. The Kier molecular flexibility index (Phi) is 3.52. The van der Waals surface area contributed by atoms with Crippen molar-refractivity contribution in [2.45, 2.75) is 10.6 Å². The summed E-state index contributed by atoms with van der Waals surface area (Å²) in [7, 11) is 0. The number of nitrogens with zero attached hydrogens (tertiary/aromatic N) is 2. The summed E-state index contributed by atoms with van der Waals surface area (Å²) in [5, 5.41) is 7.96. The molecule has 3 rings (SSSR count). The first-order valence-corrected chi connectivity index (χ1v) is 7.57. The lowest BCUT2D eigenvalue weighted by Gasteiger charge is -1.99. The lowest BCUT2D eigenvalue weighted by molar-refractivity contribution is 0.391. The van der Waals surface area contributed by atoms with E-state index in [1.807, 2.05) is 41.1 Å². The molecule has 0 saturated heterocycles. The Morgan fingerprint density at radius 3 is 3.05 bits per heavy atom. The Morgan fingerprint density at radius 1 is 1.32 bits per heavy atom. The molecular formula is C13H11N3OS2. The zero-order chi connectivity index (χ0) is 13.1. The van der Waals surface area contributed by atoms with Gasteiger partial charge in [-0.05, 0) is 29.6 Å². The molecule has 0 spiro atoms. The van der Waals surface area contributed by atoms with Gasteiger partial charge in [-0.15, -0.1) is 11.8 Å². The van der Waals surface area contributed by atoms with Crippen LogP contribution in [0.5, 0.6) is 0 Å². The zero-order valence-corrected chi connectivity index (χ0v) is 11.6. The summed E-state index contributed by atoms with van der Waals surface area (Å²) in [4.78, 5) is 5.46. The third-order valence-electron chi connectivity index (χ3n) is 2.47. The molecule has 2 heterocycles. The zero-order valence-electron chi connectivity index (χ0n) is 9.95. The highest BCUT2D eigenvalue weighted by Gasteiger charge is 2.09. The molecule has 0 aliphatic carbocycles. The molecule has 0 fully saturated rings. The van der Waals surface area contributed by atoms with Crippen LogP contribution in [-0.4, -0.2) is 10.1 Å². The molecule has 96 valence electrons. The molecular weight excluding hydrogens is 278 g/mol. The van der Waals surface area contributed by atoms with Crippen molar-refractivity contribution in [1.82, 2.24) is 10.1 Å². The van der Waals surface area contributed by atoms with Crippen LogP contribution in [0.3, 0.4) is 0 Å². The van der Waals surface area contributed by atoms with Crippen LogP contribution in [0.4, 0.5) is 5.69 Å². The largest absolute Gasteiger partial charge is 0.399 e. The molecule has 6 heteroatoms. The van der Waals surface area contributed by atoms with E-state index in [1.54, 1.807) is 23.1 Å². The second-order valence-electron chi connectivity index (χ2n) is 3.88.